The van der Waals surface area contributed by atoms with E-state index in [1.807, 2.05) is 0 Å². The zero-order chi connectivity index (χ0) is 50.0. The number of carbonyl (C=O) groups excluding carboxylic acids is 3. The summed E-state index contributed by atoms with van der Waals surface area (Å²) in [5.41, 5.74) is 0. The Morgan fingerprint density at radius 1 is 0.304 bits per heavy atom. The normalized spacial score (nSPS) is 13.0. The molecule has 0 aromatic carbocycles. The molecule has 0 rings (SSSR count). The second-order valence-electron chi connectivity index (χ2n) is 18.1. The van der Waals surface area contributed by atoms with Gasteiger partial charge in [0.1, 0.15) is 13.2 Å². The van der Waals surface area contributed by atoms with E-state index in [2.05, 4.69) is 142 Å². The van der Waals surface area contributed by atoms with Crippen molar-refractivity contribution in [2.75, 3.05) is 13.2 Å². The van der Waals surface area contributed by atoms with Gasteiger partial charge in [-0.15, -0.1) is 0 Å². The molecule has 0 aliphatic carbocycles. The van der Waals surface area contributed by atoms with Gasteiger partial charge in [-0.05, 0) is 109 Å². The molecule has 0 saturated heterocycles. The van der Waals surface area contributed by atoms with E-state index >= 15 is 0 Å². The molecule has 0 saturated carbocycles. The number of ether oxygens (including phenoxy) is 3. The first-order valence-corrected chi connectivity index (χ1v) is 28.0. The SMILES string of the molecule is CC/C=C\C/C=C\C/C=C\C/C=C\C/C=C\C/C=C\CCCCC(=O)OCC(COC(=O)CCCCCCCCCCC)OC(=O)CCCCCCCCCC/C=C\C/C=C\C/C=C\C/C=C\CC. The Morgan fingerprint density at radius 2 is 0.565 bits per heavy atom. The van der Waals surface area contributed by atoms with E-state index in [4.69, 9.17) is 14.2 Å². The molecule has 0 fully saturated rings. The molecule has 1 unspecified atom stereocenters. The average Bonchev–Trinajstić information content (AvgIpc) is 3.35. The van der Waals surface area contributed by atoms with Crippen molar-refractivity contribution in [3.63, 3.8) is 0 Å². The minimum atomic E-state index is -0.802. The molecule has 69 heavy (non-hydrogen) atoms. The van der Waals surface area contributed by atoms with Crippen LogP contribution in [0.2, 0.25) is 0 Å². The van der Waals surface area contributed by atoms with Crippen LogP contribution in [-0.2, 0) is 28.6 Å². The molecule has 0 N–H and O–H groups in total. The Kier molecular flexibility index (Phi) is 53.0. The number of hydrogen-bond acceptors (Lipinski definition) is 6. The van der Waals surface area contributed by atoms with E-state index in [-0.39, 0.29) is 31.1 Å². The summed E-state index contributed by atoms with van der Waals surface area (Å²) in [5.74, 6) is -0.956. The molecule has 6 nitrogen and oxygen atoms in total. The number of unbranched alkanes of at least 4 members (excludes halogenated alkanes) is 18. The lowest BCUT2D eigenvalue weighted by Gasteiger charge is -2.18. The maximum absolute atomic E-state index is 12.8. The van der Waals surface area contributed by atoms with E-state index in [1.54, 1.807) is 0 Å². The molecule has 0 amide bonds. The highest BCUT2D eigenvalue weighted by molar-refractivity contribution is 5.71. The van der Waals surface area contributed by atoms with Gasteiger partial charge in [-0.25, -0.2) is 0 Å². The smallest absolute Gasteiger partial charge is 0.306 e. The molecule has 6 heteroatoms. The standard InChI is InChI=1S/C63H102O6/c1-4-7-10-13-16-19-21-23-25-27-29-31-33-35-37-39-41-44-47-50-53-56-62(65)68-59-60(58-67-61(64)55-52-49-46-43-18-15-12-9-6-3)69-63(66)57-54-51-48-45-42-40-38-36-34-32-30-28-26-24-22-20-17-14-11-8-5-2/h7-8,10-11,16-17,19-20,23-26,29-32,35,37,41,44,60H,4-6,9,12-15,18,21-22,27-28,33-34,36,38-40,42-43,45-59H2,1-3H3/b10-7-,11-8-,19-16-,20-17-,25-23-,26-24-,31-29-,32-30-,37-35-,44-41-. The van der Waals surface area contributed by atoms with Gasteiger partial charge >= 0.3 is 17.9 Å². The number of hydrogen-bond donors (Lipinski definition) is 0. The van der Waals surface area contributed by atoms with E-state index in [0.29, 0.717) is 19.3 Å². The minimum Gasteiger partial charge on any atom is -0.462 e. The molecule has 1 atom stereocenters. The molecule has 0 aromatic heterocycles. The molecular weight excluding hydrogens is 853 g/mol. The Hall–Kier alpha value is -4.19. The summed E-state index contributed by atoms with van der Waals surface area (Å²) in [7, 11) is 0. The van der Waals surface area contributed by atoms with Crippen molar-refractivity contribution in [1.29, 1.82) is 0 Å². The number of esters is 3. The van der Waals surface area contributed by atoms with E-state index in [1.165, 1.54) is 70.6 Å². The predicted molar refractivity (Wildman–Crippen MR) is 297 cm³/mol. The number of carbonyl (C=O) groups is 3. The van der Waals surface area contributed by atoms with Gasteiger partial charge in [0.05, 0.1) is 0 Å². The van der Waals surface area contributed by atoms with Gasteiger partial charge in [-0.2, -0.15) is 0 Å². The van der Waals surface area contributed by atoms with Crippen LogP contribution in [0.5, 0.6) is 0 Å². The fraction of sp³-hybridized carbons (Fsp3) is 0.635. The summed E-state index contributed by atoms with van der Waals surface area (Å²) in [6.07, 6.45) is 77.6. The third kappa shape index (κ3) is 54.6. The summed E-state index contributed by atoms with van der Waals surface area (Å²) >= 11 is 0. The number of allylic oxidation sites excluding steroid dienone is 20. The van der Waals surface area contributed by atoms with Crippen molar-refractivity contribution in [3.8, 4) is 0 Å². The Labute approximate surface area is 424 Å². The minimum absolute atomic E-state index is 0.0970. The van der Waals surface area contributed by atoms with Crippen molar-refractivity contribution in [3.05, 3.63) is 122 Å². The largest absolute Gasteiger partial charge is 0.462 e. The van der Waals surface area contributed by atoms with Crippen LogP contribution in [0.25, 0.3) is 0 Å². The molecule has 0 bridgehead atoms. The molecule has 0 heterocycles. The fourth-order valence-electron chi connectivity index (χ4n) is 7.32. The van der Waals surface area contributed by atoms with Crippen LogP contribution in [-0.4, -0.2) is 37.2 Å². The summed E-state index contributed by atoms with van der Waals surface area (Å²) < 4.78 is 16.8. The van der Waals surface area contributed by atoms with Crippen LogP contribution in [0.1, 0.15) is 239 Å². The first-order valence-electron chi connectivity index (χ1n) is 28.0. The van der Waals surface area contributed by atoms with Crippen molar-refractivity contribution in [2.45, 2.75) is 245 Å². The summed E-state index contributed by atoms with van der Waals surface area (Å²) in [5, 5.41) is 0. The van der Waals surface area contributed by atoms with Gasteiger partial charge in [-0.1, -0.05) is 232 Å². The molecule has 0 spiro atoms. The lowest BCUT2D eigenvalue weighted by atomic mass is 10.1. The highest BCUT2D eigenvalue weighted by Crippen LogP contribution is 2.14. The highest BCUT2D eigenvalue weighted by Gasteiger charge is 2.19. The topological polar surface area (TPSA) is 78.9 Å². The van der Waals surface area contributed by atoms with Crippen LogP contribution in [0.3, 0.4) is 0 Å². The van der Waals surface area contributed by atoms with Crippen molar-refractivity contribution >= 4 is 17.9 Å². The summed E-state index contributed by atoms with van der Waals surface area (Å²) in [6.45, 7) is 6.34. The predicted octanol–water partition coefficient (Wildman–Crippen LogP) is 18.9. The Balaban J connectivity index is 4.40. The summed E-state index contributed by atoms with van der Waals surface area (Å²) in [4.78, 5) is 38.0. The lowest BCUT2D eigenvalue weighted by molar-refractivity contribution is -0.167. The summed E-state index contributed by atoms with van der Waals surface area (Å²) in [6, 6.07) is 0. The molecule has 0 aromatic rings. The zero-order valence-corrected chi connectivity index (χ0v) is 44.5. The van der Waals surface area contributed by atoms with E-state index in [9.17, 15) is 14.4 Å². The maximum atomic E-state index is 12.8. The third-order valence-electron chi connectivity index (χ3n) is 11.5. The Bertz CT molecular complexity index is 1470. The molecule has 390 valence electrons. The van der Waals surface area contributed by atoms with Crippen LogP contribution in [0, 0.1) is 0 Å². The van der Waals surface area contributed by atoms with Gasteiger partial charge in [0.25, 0.3) is 0 Å². The quantitative estimate of drug-likeness (QED) is 0.0262. The van der Waals surface area contributed by atoms with Crippen LogP contribution >= 0.6 is 0 Å². The molecular formula is C63H102O6. The van der Waals surface area contributed by atoms with Crippen LogP contribution in [0.15, 0.2) is 122 Å². The zero-order valence-electron chi connectivity index (χ0n) is 44.5. The second-order valence-corrected chi connectivity index (χ2v) is 18.1. The van der Waals surface area contributed by atoms with Crippen LogP contribution in [0.4, 0.5) is 0 Å². The van der Waals surface area contributed by atoms with Gasteiger partial charge < -0.3 is 14.2 Å². The first-order chi connectivity index (χ1) is 34.0. The van der Waals surface area contributed by atoms with Gasteiger partial charge in [0.15, 0.2) is 6.10 Å². The van der Waals surface area contributed by atoms with Crippen molar-refractivity contribution in [2.24, 2.45) is 0 Å². The molecule has 0 aliphatic rings. The molecule has 0 aliphatic heterocycles. The van der Waals surface area contributed by atoms with Crippen molar-refractivity contribution in [1.82, 2.24) is 0 Å². The second kappa shape index (κ2) is 56.4. The lowest BCUT2D eigenvalue weighted by Crippen LogP contribution is -2.30. The van der Waals surface area contributed by atoms with Gasteiger partial charge in [0, 0.05) is 19.3 Å². The van der Waals surface area contributed by atoms with Gasteiger partial charge in [0.2, 0.25) is 0 Å². The van der Waals surface area contributed by atoms with Gasteiger partial charge in [-0.3, -0.25) is 14.4 Å². The highest BCUT2D eigenvalue weighted by atomic mass is 16.6. The monoisotopic (exact) mass is 955 g/mol. The first kappa shape index (κ1) is 64.8. The molecule has 0 radical (unpaired) electrons. The maximum Gasteiger partial charge on any atom is 0.306 e. The number of rotatable bonds is 49. The third-order valence-corrected chi connectivity index (χ3v) is 11.5. The van der Waals surface area contributed by atoms with Crippen LogP contribution < -0.4 is 0 Å². The van der Waals surface area contributed by atoms with E-state index < -0.39 is 6.10 Å². The van der Waals surface area contributed by atoms with E-state index in [0.717, 1.165) is 128 Å². The average molecular weight is 956 g/mol. The fourth-order valence-corrected chi connectivity index (χ4v) is 7.32. The van der Waals surface area contributed by atoms with Crippen molar-refractivity contribution < 1.29 is 28.6 Å². The Morgan fingerprint density at radius 3 is 0.913 bits per heavy atom.